The Bertz CT molecular complexity index is 852. The highest BCUT2D eigenvalue weighted by atomic mass is 16.5. The predicted molar refractivity (Wildman–Crippen MR) is 99.5 cm³/mol. The van der Waals surface area contributed by atoms with Crippen LogP contribution in [-0.2, 0) is 16.0 Å². The lowest BCUT2D eigenvalue weighted by atomic mass is 10.1. The monoisotopic (exact) mass is 351 g/mol. The first-order valence-electron chi connectivity index (χ1n) is 8.73. The lowest BCUT2D eigenvalue weighted by molar-refractivity contribution is -0.121. The van der Waals surface area contributed by atoms with E-state index in [2.05, 4.69) is 15.5 Å². The van der Waals surface area contributed by atoms with Gasteiger partial charge in [-0.3, -0.25) is 9.59 Å². The van der Waals surface area contributed by atoms with E-state index in [9.17, 15) is 9.59 Å². The molecule has 26 heavy (non-hydrogen) atoms. The standard InChI is InChI=1S/C20H21N3O3/c1-26-15-6-4-5-13(9-15)10-19(24)21-14-11-18-20(25)22-16-7-2-3-8-17(16)23(18)12-14/h2-9,14,18H,10-12H2,1H3,(H,21,24)(H,22,25). The fourth-order valence-electron chi connectivity index (χ4n) is 3.75. The van der Waals surface area contributed by atoms with E-state index in [0.717, 1.165) is 22.7 Å². The Morgan fingerprint density at radius 3 is 2.96 bits per heavy atom. The summed E-state index contributed by atoms with van der Waals surface area (Å²) in [5.41, 5.74) is 2.75. The van der Waals surface area contributed by atoms with Crippen LogP contribution in [-0.4, -0.2) is 37.6 Å². The van der Waals surface area contributed by atoms with Crippen LogP contribution in [0, 0.1) is 0 Å². The summed E-state index contributed by atoms with van der Waals surface area (Å²) in [6.45, 7) is 0.638. The number of hydrogen-bond donors (Lipinski definition) is 2. The summed E-state index contributed by atoms with van der Waals surface area (Å²) >= 11 is 0. The number of nitrogens with zero attached hydrogens (tertiary/aromatic N) is 1. The average molecular weight is 351 g/mol. The summed E-state index contributed by atoms with van der Waals surface area (Å²) in [5, 5.41) is 6.02. The molecule has 2 atom stereocenters. The van der Waals surface area contributed by atoms with Gasteiger partial charge in [0.25, 0.3) is 0 Å². The molecule has 2 N–H and O–H groups in total. The lowest BCUT2D eigenvalue weighted by Crippen LogP contribution is -2.44. The Kier molecular flexibility index (Phi) is 4.24. The Hall–Kier alpha value is -3.02. The Morgan fingerprint density at radius 1 is 1.27 bits per heavy atom. The second-order valence-electron chi connectivity index (χ2n) is 6.70. The highest BCUT2D eigenvalue weighted by molar-refractivity contribution is 6.04. The summed E-state index contributed by atoms with van der Waals surface area (Å²) in [4.78, 5) is 26.9. The molecule has 6 heteroatoms. The van der Waals surface area contributed by atoms with Gasteiger partial charge in [-0.15, -0.1) is 0 Å². The Balaban J connectivity index is 1.43. The Labute approximate surface area is 152 Å². The molecule has 2 aromatic carbocycles. The van der Waals surface area contributed by atoms with Crippen LogP contribution in [0.2, 0.25) is 0 Å². The molecule has 0 aliphatic carbocycles. The van der Waals surface area contributed by atoms with Crippen molar-refractivity contribution < 1.29 is 14.3 Å². The second-order valence-corrected chi connectivity index (χ2v) is 6.70. The maximum atomic E-state index is 12.4. The Morgan fingerprint density at radius 2 is 2.12 bits per heavy atom. The molecular weight excluding hydrogens is 330 g/mol. The van der Waals surface area contributed by atoms with Crippen molar-refractivity contribution in [3.8, 4) is 5.75 Å². The van der Waals surface area contributed by atoms with E-state index in [4.69, 9.17) is 4.74 Å². The van der Waals surface area contributed by atoms with Crippen LogP contribution < -0.4 is 20.3 Å². The summed E-state index contributed by atoms with van der Waals surface area (Å²) in [5.74, 6) is 0.687. The molecule has 2 unspecified atom stereocenters. The van der Waals surface area contributed by atoms with Crippen molar-refractivity contribution in [2.24, 2.45) is 0 Å². The molecular formula is C20H21N3O3. The van der Waals surface area contributed by atoms with Crippen LogP contribution in [0.1, 0.15) is 12.0 Å². The third-order valence-electron chi connectivity index (χ3n) is 4.94. The van der Waals surface area contributed by atoms with Crippen molar-refractivity contribution >= 4 is 23.2 Å². The number of rotatable bonds is 4. The largest absolute Gasteiger partial charge is 0.497 e. The maximum absolute atomic E-state index is 12.4. The number of para-hydroxylation sites is 2. The molecule has 0 aromatic heterocycles. The highest BCUT2D eigenvalue weighted by Gasteiger charge is 2.41. The highest BCUT2D eigenvalue weighted by Crippen LogP contribution is 2.36. The maximum Gasteiger partial charge on any atom is 0.247 e. The molecule has 1 saturated heterocycles. The van der Waals surface area contributed by atoms with Crippen molar-refractivity contribution in [1.29, 1.82) is 0 Å². The van der Waals surface area contributed by atoms with Crippen LogP contribution in [0.15, 0.2) is 48.5 Å². The number of fused-ring (bicyclic) bond motifs is 3. The number of carbonyl (C=O) groups excluding carboxylic acids is 2. The summed E-state index contributed by atoms with van der Waals surface area (Å²) < 4.78 is 5.20. The van der Waals surface area contributed by atoms with Crippen LogP contribution in [0.4, 0.5) is 11.4 Å². The number of ether oxygens (including phenoxy) is 1. The summed E-state index contributed by atoms with van der Waals surface area (Å²) in [6.07, 6.45) is 0.908. The molecule has 2 aromatic rings. The van der Waals surface area contributed by atoms with Crippen molar-refractivity contribution in [2.45, 2.75) is 24.9 Å². The third-order valence-corrected chi connectivity index (χ3v) is 4.94. The van der Waals surface area contributed by atoms with E-state index in [1.54, 1.807) is 7.11 Å². The van der Waals surface area contributed by atoms with Crippen LogP contribution >= 0.6 is 0 Å². The topological polar surface area (TPSA) is 70.7 Å². The van der Waals surface area contributed by atoms with E-state index in [-0.39, 0.29) is 23.9 Å². The van der Waals surface area contributed by atoms with Crippen LogP contribution in [0.25, 0.3) is 0 Å². The first-order chi connectivity index (χ1) is 12.6. The number of carbonyl (C=O) groups is 2. The van der Waals surface area contributed by atoms with Gasteiger partial charge in [0, 0.05) is 12.6 Å². The zero-order valence-corrected chi connectivity index (χ0v) is 14.6. The van der Waals surface area contributed by atoms with E-state index >= 15 is 0 Å². The van der Waals surface area contributed by atoms with Gasteiger partial charge in [0.1, 0.15) is 11.8 Å². The molecule has 134 valence electrons. The van der Waals surface area contributed by atoms with E-state index in [1.165, 1.54) is 0 Å². The SMILES string of the molecule is COc1cccc(CC(=O)NC2CC3C(=O)Nc4ccccc4N3C2)c1. The zero-order chi connectivity index (χ0) is 18.1. The molecule has 0 spiro atoms. The number of amides is 2. The lowest BCUT2D eigenvalue weighted by Gasteiger charge is -2.32. The summed E-state index contributed by atoms with van der Waals surface area (Å²) in [7, 11) is 1.61. The smallest absolute Gasteiger partial charge is 0.247 e. The van der Waals surface area contributed by atoms with Gasteiger partial charge in [-0.2, -0.15) is 0 Å². The molecule has 2 heterocycles. The quantitative estimate of drug-likeness (QED) is 0.883. The fraction of sp³-hybridized carbons (Fsp3) is 0.300. The molecule has 2 aliphatic rings. The third kappa shape index (κ3) is 3.10. The van der Waals surface area contributed by atoms with Crippen molar-refractivity contribution in [2.75, 3.05) is 23.9 Å². The number of hydrogen-bond acceptors (Lipinski definition) is 4. The van der Waals surface area contributed by atoms with Crippen LogP contribution in [0.5, 0.6) is 5.75 Å². The van der Waals surface area contributed by atoms with E-state index in [1.807, 2.05) is 48.5 Å². The fourth-order valence-corrected chi connectivity index (χ4v) is 3.75. The van der Waals surface area contributed by atoms with Gasteiger partial charge in [0.2, 0.25) is 11.8 Å². The number of methoxy groups -OCH3 is 1. The van der Waals surface area contributed by atoms with Crippen molar-refractivity contribution in [1.82, 2.24) is 5.32 Å². The summed E-state index contributed by atoms with van der Waals surface area (Å²) in [6, 6.07) is 15.0. The van der Waals surface area contributed by atoms with Crippen molar-refractivity contribution in [3.63, 3.8) is 0 Å². The minimum absolute atomic E-state index is 0.00625. The predicted octanol–water partition coefficient (Wildman–Crippen LogP) is 1.95. The van der Waals surface area contributed by atoms with Crippen LogP contribution in [0.3, 0.4) is 0 Å². The number of anilines is 2. The van der Waals surface area contributed by atoms with Crippen molar-refractivity contribution in [3.05, 3.63) is 54.1 Å². The minimum atomic E-state index is -0.230. The molecule has 2 aliphatic heterocycles. The van der Waals surface area contributed by atoms with Gasteiger partial charge in [-0.25, -0.2) is 0 Å². The van der Waals surface area contributed by atoms with Gasteiger partial charge < -0.3 is 20.3 Å². The van der Waals surface area contributed by atoms with E-state index in [0.29, 0.717) is 19.4 Å². The van der Waals surface area contributed by atoms with Gasteiger partial charge in [-0.05, 0) is 36.2 Å². The number of nitrogens with one attached hydrogen (secondary N) is 2. The first-order valence-corrected chi connectivity index (χ1v) is 8.73. The molecule has 4 rings (SSSR count). The molecule has 0 saturated carbocycles. The normalized spacial score (nSPS) is 20.8. The zero-order valence-electron chi connectivity index (χ0n) is 14.6. The molecule has 0 bridgehead atoms. The number of benzene rings is 2. The van der Waals surface area contributed by atoms with Gasteiger partial charge in [0.15, 0.2) is 0 Å². The second kappa shape index (κ2) is 6.71. The molecule has 2 amide bonds. The van der Waals surface area contributed by atoms with Gasteiger partial charge in [-0.1, -0.05) is 24.3 Å². The first kappa shape index (κ1) is 16.4. The molecule has 6 nitrogen and oxygen atoms in total. The minimum Gasteiger partial charge on any atom is -0.497 e. The molecule has 0 radical (unpaired) electrons. The average Bonchev–Trinajstić information content (AvgIpc) is 3.06. The molecule has 1 fully saturated rings. The van der Waals surface area contributed by atoms with E-state index < -0.39 is 0 Å². The van der Waals surface area contributed by atoms with Gasteiger partial charge >= 0.3 is 0 Å². The van der Waals surface area contributed by atoms with Gasteiger partial charge in [0.05, 0.1) is 24.9 Å².